The Morgan fingerprint density at radius 2 is 1.71 bits per heavy atom. The molecule has 0 unspecified atom stereocenters. The van der Waals surface area contributed by atoms with Crippen LogP contribution < -0.4 is 12.4 Å². The van der Waals surface area contributed by atoms with Crippen LogP contribution in [0.15, 0.2) is 29.5 Å². The number of hydrogen-bond acceptors (Lipinski definition) is 4. The lowest BCUT2D eigenvalue weighted by Crippen LogP contribution is -3.00. The maximum absolute atomic E-state index is 8.89. The minimum atomic E-state index is -0.00106. The molecular weight excluding hydrogens is 244 g/mol. The summed E-state index contributed by atoms with van der Waals surface area (Å²) in [6.07, 6.45) is 8.97. The lowest BCUT2D eigenvalue weighted by atomic mass is 10.0. The number of oxime groups is 1. The van der Waals surface area contributed by atoms with Gasteiger partial charge in [-0.15, -0.1) is 5.16 Å². The van der Waals surface area contributed by atoms with E-state index in [0.717, 1.165) is 5.71 Å². The van der Waals surface area contributed by atoms with Crippen molar-refractivity contribution in [1.82, 2.24) is 0 Å². The van der Waals surface area contributed by atoms with Crippen LogP contribution in [0.5, 0.6) is 0 Å². The second-order valence-electron chi connectivity index (χ2n) is 3.42. The van der Waals surface area contributed by atoms with Gasteiger partial charge in [-0.25, -0.2) is 4.58 Å². The Morgan fingerprint density at radius 3 is 2.12 bits per heavy atom. The van der Waals surface area contributed by atoms with Crippen molar-refractivity contribution in [2.24, 2.45) is 11.1 Å². The number of allylic oxidation sites excluding steroid dienone is 4. The first-order valence-electron chi connectivity index (χ1n) is 5.19. The van der Waals surface area contributed by atoms with Crippen molar-refractivity contribution in [2.45, 2.75) is 0 Å². The highest BCUT2D eigenvalue weighted by Crippen LogP contribution is 2.05. The predicted octanol–water partition coefficient (Wildman–Crippen LogP) is -3.37. The van der Waals surface area contributed by atoms with Crippen LogP contribution in [0, 0.1) is 5.92 Å². The molecule has 0 bridgehead atoms. The van der Waals surface area contributed by atoms with Gasteiger partial charge in [0.15, 0.2) is 18.8 Å². The van der Waals surface area contributed by atoms with Gasteiger partial charge in [0.1, 0.15) is 13.2 Å². The number of hydrogen-bond donors (Lipinski definition) is 3. The number of nitrogens with zero attached hydrogens (tertiary/aromatic N) is 2. The van der Waals surface area contributed by atoms with Gasteiger partial charge in [0.25, 0.3) is 0 Å². The summed E-state index contributed by atoms with van der Waals surface area (Å²) in [4.78, 5) is 0. The molecule has 0 saturated heterocycles. The number of aliphatic hydroxyl groups is 2. The van der Waals surface area contributed by atoms with Crippen molar-refractivity contribution in [3.63, 3.8) is 0 Å². The van der Waals surface area contributed by atoms with E-state index in [1.54, 1.807) is 0 Å². The molecule has 0 aromatic heterocycles. The first-order chi connectivity index (χ1) is 7.81. The van der Waals surface area contributed by atoms with E-state index in [0.29, 0.717) is 13.1 Å². The number of rotatable bonds is 5. The average molecular weight is 261 g/mol. The van der Waals surface area contributed by atoms with Crippen LogP contribution in [-0.4, -0.2) is 58.2 Å². The highest BCUT2D eigenvalue weighted by Gasteiger charge is 2.12. The summed E-state index contributed by atoms with van der Waals surface area (Å²) in [5.74, 6) is -0.00106. The van der Waals surface area contributed by atoms with E-state index < -0.39 is 0 Å². The molecule has 0 aromatic rings. The van der Waals surface area contributed by atoms with Crippen LogP contribution in [0.2, 0.25) is 0 Å². The summed E-state index contributed by atoms with van der Waals surface area (Å²) in [7, 11) is 0. The maximum Gasteiger partial charge on any atom is 0.199 e. The molecule has 1 aliphatic rings. The zero-order chi connectivity index (χ0) is 11.8. The topological polar surface area (TPSA) is 76.1 Å². The zero-order valence-corrected chi connectivity index (χ0v) is 10.2. The van der Waals surface area contributed by atoms with Gasteiger partial charge in [0.2, 0.25) is 0 Å². The molecule has 1 aliphatic carbocycles. The summed E-state index contributed by atoms with van der Waals surface area (Å²) in [6, 6.07) is 0. The van der Waals surface area contributed by atoms with Gasteiger partial charge in [-0.1, -0.05) is 12.2 Å². The maximum atomic E-state index is 8.89. The Kier molecular flexibility index (Phi) is 8.31. The fraction of sp³-hybridized carbons (Fsp3) is 0.455. The normalized spacial score (nSPS) is 18.5. The Balaban J connectivity index is 0.00000256. The average Bonchev–Trinajstić information content (AvgIpc) is 2.30. The van der Waals surface area contributed by atoms with Gasteiger partial charge in [0, 0.05) is 18.1 Å². The SMILES string of the molecule is OCC[N+](CCO)=C1C=CC(/C=N\O)C=C1.[Cl-]. The van der Waals surface area contributed by atoms with E-state index in [1.807, 2.05) is 28.9 Å². The van der Waals surface area contributed by atoms with Crippen LogP contribution in [0.3, 0.4) is 0 Å². The van der Waals surface area contributed by atoms with Gasteiger partial charge >= 0.3 is 0 Å². The van der Waals surface area contributed by atoms with Crippen LogP contribution in [0.4, 0.5) is 0 Å². The molecule has 0 aromatic carbocycles. The second kappa shape index (κ2) is 8.92. The minimum absolute atomic E-state index is 0. The summed E-state index contributed by atoms with van der Waals surface area (Å²) >= 11 is 0. The molecule has 17 heavy (non-hydrogen) atoms. The Labute approximate surface area is 106 Å². The summed E-state index contributed by atoms with van der Waals surface area (Å²) < 4.78 is 1.89. The van der Waals surface area contributed by atoms with Crippen molar-refractivity contribution < 1.29 is 32.4 Å². The molecule has 0 aliphatic heterocycles. The molecule has 1 rings (SSSR count). The third-order valence-corrected chi connectivity index (χ3v) is 2.32. The molecule has 0 spiro atoms. The van der Waals surface area contributed by atoms with E-state index in [-0.39, 0.29) is 31.5 Å². The second-order valence-corrected chi connectivity index (χ2v) is 3.42. The van der Waals surface area contributed by atoms with E-state index in [1.165, 1.54) is 6.21 Å². The first-order valence-corrected chi connectivity index (χ1v) is 5.19. The highest BCUT2D eigenvalue weighted by atomic mass is 35.5. The molecule has 5 nitrogen and oxygen atoms in total. The van der Waals surface area contributed by atoms with Crippen LogP contribution in [-0.2, 0) is 0 Å². The van der Waals surface area contributed by atoms with Crippen LogP contribution >= 0.6 is 0 Å². The zero-order valence-electron chi connectivity index (χ0n) is 9.41. The van der Waals surface area contributed by atoms with Gasteiger partial charge in [-0.2, -0.15) is 0 Å². The van der Waals surface area contributed by atoms with Gasteiger partial charge < -0.3 is 27.8 Å². The van der Waals surface area contributed by atoms with Crippen LogP contribution in [0.1, 0.15) is 0 Å². The van der Waals surface area contributed by atoms with E-state index in [2.05, 4.69) is 5.16 Å². The van der Waals surface area contributed by atoms with E-state index in [4.69, 9.17) is 15.4 Å². The fourth-order valence-electron chi connectivity index (χ4n) is 1.54. The largest absolute Gasteiger partial charge is 1.00 e. The number of halogens is 1. The molecule has 0 heterocycles. The van der Waals surface area contributed by atoms with Crippen LogP contribution in [0.25, 0.3) is 0 Å². The van der Waals surface area contributed by atoms with E-state index >= 15 is 0 Å². The third kappa shape index (κ3) is 5.12. The Bertz CT molecular complexity index is 314. The van der Waals surface area contributed by atoms with Gasteiger partial charge in [0.05, 0.1) is 6.21 Å². The molecular formula is C11H17ClN2O3. The lowest BCUT2D eigenvalue weighted by Gasteiger charge is -2.07. The summed E-state index contributed by atoms with van der Waals surface area (Å²) in [6.45, 7) is 1.08. The molecule has 0 amide bonds. The van der Waals surface area contributed by atoms with Gasteiger partial charge in [-0.3, -0.25) is 0 Å². The van der Waals surface area contributed by atoms with Crippen molar-refractivity contribution in [1.29, 1.82) is 0 Å². The predicted molar refractivity (Wildman–Crippen MR) is 61.2 cm³/mol. The van der Waals surface area contributed by atoms with Crippen molar-refractivity contribution in [3.05, 3.63) is 24.3 Å². The first kappa shape index (κ1) is 15.8. The molecule has 96 valence electrons. The molecule has 0 saturated carbocycles. The minimum Gasteiger partial charge on any atom is -1.00 e. The smallest absolute Gasteiger partial charge is 0.199 e. The van der Waals surface area contributed by atoms with Crippen molar-refractivity contribution >= 4 is 11.9 Å². The molecule has 6 heteroatoms. The van der Waals surface area contributed by atoms with Gasteiger partial charge in [-0.05, 0) is 0 Å². The van der Waals surface area contributed by atoms with Crippen molar-refractivity contribution in [2.75, 3.05) is 26.3 Å². The standard InChI is InChI=1S/C11H16N2O3.ClH/c14-7-5-13(6-8-15)11-3-1-10(2-4-11)9-12-16;/h1-4,9-10,14-15H,5-8H2;1H/b12-9-;. The summed E-state index contributed by atoms with van der Waals surface area (Å²) in [5, 5.41) is 29.1. The lowest BCUT2D eigenvalue weighted by molar-refractivity contribution is -0.530. The monoisotopic (exact) mass is 260 g/mol. The molecule has 3 N–H and O–H groups in total. The molecule has 0 fully saturated rings. The quantitative estimate of drug-likeness (QED) is 0.209. The number of aliphatic hydroxyl groups excluding tert-OH is 2. The molecule has 0 radical (unpaired) electrons. The highest BCUT2D eigenvalue weighted by molar-refractivity contribution is 6.02. The molecule has 0 atom stereocenters. The summed E-state index contributed by atoms with van der Waals surface area (Å²) in [5.41, 5.74) is 0.936. The Hall–Kier alpha value is -1.17. The third-order valence-electron chi connectivity index (χ3n) is 2.32. The van der Waals surface area contributed by atoms with Crippen molar-refractivity contribution in [3.8, 4) is 0 Å². The van der Waals surface area contributed by atoms with E-state index in [9.17, 15) is 0 Å². The fourth-order valence-corrected chi connectivity index (χ4v) is 1.54. The Morgan fingerprint density at radius 1 is 1.18 bits per heavy atom.